The lowest BCUT2D eigenvalue weighted by molar-refractivity contribution is 0.187. The van der Waals surface area contributed by atoms with Gasteiger partial charge in [0.15, 0.2) is 5.82 Å². The van der Waals surface area contributed by atoms with Crippen molar-refractivity contribution >= 4 is 23.5 Å². The Kier molecular flexibility index (Phi) is 4.36. The van der Waals surface area contributed by atoms with Crippen LogP contribution in [-0.2, 0) is 4.74 Å². The Morgan fingerprint density at radius 2 is 2.16 bits per heavy atom. The number of rotatable bonds is 3. The minimum Gasteiger partial charge on any atom is -0.379 e. The predicted octanol–water partition coefficient (Wildman–Crippen LogP) is 1.81. The van der Waals surface area contributed by atoms with E-state index in [9.17, 15) is 0 Å². The third kappa shape index (κ3) is 2.79. The lowest BCUT2D eigenvalue weighted by atomic mass is 10.1. The molecule has 4 unspecified atom stereocenters. The standard InChI is InChI=1S/C12H19N3O2S2/c1-2-9-10(19-4-3-18-9)11-14-12(17-15-11)7-5-16-6-8(7)13/h7-10H,2-6,13H2,1H3. The first-order chi connectivity index (χ1) is 9.29. The molecular weight excluding hydrogens is 282 g/mol. The number of aromatic nitrogens is 2. The van der Waals surface area contributed by atoms with Gasteiger partial charge in [0, 0.05) is 22.8 Å². The van der Waals surface area contributed by atoms with Crippen molar-refractivity contribution in [3.63, 3.8) is 0 Å². The minimum absolute atomic E-state index is 0.0244. The molecule has 2 fully saturated rings. The van der Waals surface area contributed by atoms with Gasteiger partial charge in [0.2, 0.25) is 5.89 Å². The fourth-order valence-electron chi connectivity index (χ4n) is 2.48. The van der Waals surface area contributed by atoms with Crippen LogP contribution in [0.5, 0.6) is 0 Å². The average Bonchev–Trinajstić information content (AvgIpc) is 3.07. The van der Waals surface area contributed by atoms with E-state index in [1.165, 1.54) is 5.75 Å². The highest BCUT2D eigenvalue weighted by molar-refractivity contribution is 8.06. The molecule has 2 saturated heterocycles. The SMILES string of the molecule is CCC1SCCSC1c1noc(C2COCC2N)n1. The zero-order chi connectivity index (χ0) is 13.2. The van der Waals surface area contributed by atoms with Crippen molar-refractivity contribution in [1.29, 1.82) is 0 Å². The van der Waals surface area contributed by atoms with Crippen molar-refractivity contribution in [3.8, 4) is 0 Å². The molecule has 0 spiro atoms. The summed E-state index contributed by atoms with van der Waals surface area (Å²) < 4.78 is 10.8. The van der Waals surface area contributed by atoms with Gasteiger partial charge >= 0.3 is 0 Å². The van der Waals surface area contributed by atoms with Gasteiger partial charge in [-0.1, -0.05) is 12.1 Å². The maximum Gasteiger partial charge on any atom is 0.233 e. The Labute approximate surface area is 121 Å². The second-order valence-corrected chi connectivity index (χ2v) is 7.50. The van der Waals surface area contributed by atoms with E-state index in [1.54, 1.807) is 0 Å². The molecular formula is C12H19N3O2S2. The van der Waals surface area contributed by atoms with Crippen molar-refractivity contribution in [3.05, 3.63) is 11.7 Å². The van der Waals surface area contributed by atoms with E-state index < -0.39 is 0 Å². The lowest BCUT2D eigenvalue weighted by Gasteiger charge is -2.27. The van der Waals surface area contributed by atoms with Crippen LogP contribution in [0, 0.1) is 0 Å². The lowest BCUT2D eigenvalue weighted by Crippen LogP contribution is -2.27. The molecule has 3 rings (SSSR count). The summed E-state index contributed by atoms with van der Waals surface area (Å²) in [6.45, 7) is 3.39. The number of hydrogen-bond acceptors (Lipinski definition) is 7. The van der Waals surface area contributed by atoms with E-state index in [0.29, 0.717) is 29.6 Å². The van der Waals surface area contributed by atoms with Crippen LogP contribution in [0.4, 0.5) is 0 Å². The van der Waals surface area contributed by atoms with Crippen LogP contribution in [0.3, 0.4) is 0 Å². The summed E-state index contributed by atoms with van der Waals surface area (Å²) in [4.78, 5) is 4.59. The van der Waals surface area contributed by atoms with Gasteiger partial charge in [-0.05, 0) is 6.42 Å². The van der Waals surface area contributed by atoms with Crippen molar-refractivity contribution in [2.24, 2.45) is 5.73 Å². The molecule has 2 N–H and O–H groups in total. The van der Waals surface area contributed by atoms with Gasteiger partial charge in [-0.3, -0.25) is 0 Å². The monoisotopic (exact) mass is 301 g/mol. The number of hydrogen-bond donors (Lipinski definition) is 1. The minimum atomic E-state index is -0.0244. The Bertz CT molecular complexity index is 429. The predicted molar refractivity (Wildman–Crippen MR) is 77.6 cm³/mol. The molecule has 0 saturated carbocycles. The highest BCUT2D eigenvalue weighted by Crippen LogP contribution is 2.43. The van der Waals surface area contributed by atoms with Gasteiger partial charge in [-0.2, -0.15) is 16.7 Å². The second kappa shape index (κ2) is 6.03. The van der Waals surface area contributed by atoms with Crippen molar-refractivity contribution < 1.29 is 9.26 Å². The summed E-state index contributed by atoms with van der Waals surface area (Å²) in [5.74, 6) is 3.90. The van der Waals surface area contributed by atoms with Crippen LogP contribution in [0.2, 0.25) is 0 Å². The van der Waals surface area contributed by atoms with Crippen molar-refractivity contribution in [1.82, 2.24) is 10.1 Å². The molecule has 0 aromatic carbocycles. The van der Waals surface area contributed by atoms with Gasteiger partial charge in [-0.25, -0.2) is 0 Å². The summed E-state index contributed by atoms with van der Waals surface area (Å²) >= 11 is 3.95. The molecule has 2 aliphatic rings. The molecule has 1 aromatic heterocycles. The highest BCUT2D eigenvalue weighted by atomic mass is 32.2. The molecule has 2 aliphatic heterocycles. The number of nitrogens with two attached hydrogens (primary N) is 1. The van der Waals surface area contributed by atoms with E-state index >= 15 is 0 Å². The molecule has 19 heavy (non-hydrogen) atoms. The van der Waals surface area contributed by atoms with Crippen molar-refractivity contribution in [2.75, 3.05) is 24.7 Å². The molecule has 7 heteroatoms. The molecule has 106 valence electrons. The zero-order valence-corrected chi connectivity index (χ0v) is 12.6. The van der Waals surface area contributed by atoms with Crippen molar-refractivity contribution in [2.45, 2.75) is 35.8 Å². The normalized spacial score (nSPS) is 35.7. The maximum atomic E-state index is 5.99. The first kappa shape index (κ1) is 13.7. The quantitative estimate of drug-likeness (QED) is 0.912. The number of thioether (sulfide) groups is 2. The fraction of sp³-hybridized carbons (Fsp3) is 0.833. The smallest absolute Gasteiger partial charge is 0.233 e. The summed E-state index contributed by atoms with van der Waals surface area (Å²) in [6, 6.07) is -0.0244. The molecule has 5 nitrogen and oxygen atoms in total. The Morgan fingerprint density at radius 1 is 1.32 bits per heavy atom. The summed E-state index contributed by atoms with van der Waals surface area (Å²) in [7, 11) is 0. The second-order valence-electron chi connectivity index (χ2n) is 4.91. The van der Waals surface area contributed by atoms with Gasteiger partial charge in [0.05, 0.1) is 24.4 Å². The van der Waals surface area contributed by atoms with E-state index in [-0.39, 0.29) is 12.0 Å². The number of nitrogens with zero attached hydrogens (tertiary/aromatic N) is 2. The largest absolute Gasteiger partial charge is 0.379 e. The molecule has 1 aromatic rings. The van der Waals surface area contributed by atoms with E-state index in [2.05, 4.69) is 17.1 Å². The first-order valence-corrected chi connectivity index (χ1v) is 8.79. The molecule has 4 atom stereocenters. The van der Waals surface area contributed by atoms with Gasteiger partial charge in [0.1, 0.15) is 0 Å². The van der Waals surface area contributed by atoms with E-state index in [1.807, 2.05) is 23.5 Å². The van der Waals surface area contributed by atoms with Gasteiger partial charge in [-0.15, -0.1) is 11.8 Å². The van der Waals surface area contributed by atoms with Crippen LogP contribution < -0.4 is 5.73 Å². The molecule has 3 heterocycles. The molecule has 0 amide bonds. The molecule has 0 aliphatic carbocycles. The topological polar surface area (TPSA) is 74.2 Å². The maximum absolute atomic E-state index is 5.99. The van der Waals surface area contributed by atoms with Crippen LogP contribution in [-0.4, -0.2) is 46.2 Å². The van der Waals surface area contributed by atoms with E-state index in [4.69, 9.17) is 15.0 Å². The van der Waals surface area contributed by atoms with E-state index in [0.717, 1.165) is 18.0 Å². The van der Waals surface area contributed by atoms with Crippen LogP contribution in [0.15, 0.2) is 4.52 Å². The fourth-order valence-corrected chi connectivity index (χ4v) is 5.46. The Hall–Kier alpha value is -0.240. The molecule has 0 bridgehead atoms. The average molecular weight is 301 g/mol. The first-order valence-electron chi connectivity index (χ1n) is 6.69. The molecule has 0 radical (unpaired) electrons. The van der Waals surface area contributed by atoms with Gasteiger partial charge in [0.25, 0.3) is 0 Å². The highest BCUT2D eigenvalue weighted by Gasteiger charge is 2.34. The Morgan fingerprint density at radius 3 is 2.89 bits per heavy atom. The third-order valence-corrected chi connectivity index (χ3v) is 6.85. The summed E-state index contributed by atoms with van der Waals surface area (Å²) in [5.41, 5.74) is 5.99. The van der Waals surface area contributed by atoms with Gasteiger partial charge < -0.3 is 15.0 Å². The van der Waals surface area contributed by atoms with Crippen LogP contribution in [0.25, 0.3) is 0 Å². The third-order valence-electron chi connectivity index (χ3n) is 3.61. The number of ether oxygens (including phenoxy) is 1. The Balaban J connectivity index is 1.76. The zero-order valence-electron chi connectivity index (χ0n) is 10.9. The summed E-state index contributed by atoms with van der Waals surface area (Å²) in [5, 5.41) is 5.11. The van der Waals surface area contributed by atoms with Crippen LogP contribution >= 0.6 is 23.5 Å². The summed E-state index contributed by atoms with van der Waals surface area (Å²) in [6.07, 6.45) is 1.14. The van der Waals surface area contributed by atoms with Crippen LogP contribution in [0.1, 0.15) is 36.2 Å².